The molecule has 0 aromatic rings. The zero-order chi connectivity index (χ0) is 8.97. The molecule has 1 aliphatic rings. The van der Waals surface area contributed by atoms with Crippen molar-refractivity contribution in [1.29, 1.82) is 0 Å². The average Bonchev–Trinajstić information content (AvgIpc) is 2.06. The Morgan fingerprint density at radius 1 is 1.58 bits per heavy atom. The Kier molecular flexibility index (Phi) is 3.02. The van der Waals surface area contributed by atoms with E-state index in [-0.39, 0.29) is 0 Å². The first-order valence-electron chi connectivity index (χ1n) is 3.96. The summed E-state index contributed by atoms with van der Waals surface area (Å²) in [6.07, 6.45) is 5.56. The molecule has 0 aromatic heterocycles. The molecule has 0 radical (unpaired) electrons. The van der Waals surface area contributed by atoms with Crippen LogP contribution in [0, 0.1) is 0 Å². The molecule has 0 spiro atoms. The lowest BCUT2D eigenvalue weighted by molar-refractivity contribution is -0.137. The van der Waals surface area contributed by atoms with Crippen LogP contribution in [0.15, 0.2) is 24.2 Å². The highest BCUT2D eigenvalue weighted by atomic mass is 19.1. The monoisotopic (exact) mass is 170 g/mol. The molecule has 0 aliphatic heterocycles. The second-order valence-corrected chi connectivity index (χ2v) is 2.71. The van der Waals surface area contributed by atoms with Crippen LogP contribution in [-0.2, 0) is 9.53 Å². The third-order valence-corrected chi connectivity index (χ3v) is 1.69. The van der Waals surface area contributed by atoms with Crippen molar-refractivity contribution in [2.45, 2.75) is 25.7 Å². The van der Waals surface area contributed by atoms with Gasteiger partial charge in [-0.3, -0.25) is 0 Å². The van der Waals surface area contributed by atoms with Gasteiger partial charge in [-0.2, -0.15) is 4.39 Å². The lowest BCUT2D eigenvalue weighted by Gasteiger charge is -2.11. The van der Waals surface area contributed by atoms with Crippen molar-refractivity contribution in [3.05, 3.63) is 24.2 Å². The van der Waals surface area contributed by atoms with Crippen LogP contribution in [0.25, 0.3) is 0 Å². The fraction of sp³-hybridized carbons (Fsp3) is 0.444. The number of hydrogen-bond donors (Lipinski definition) is 0. The van der Waals surface area contributed by atoms with Crippen molar-refractivity contribution in [3.8, 4) is 0 Å². The first-order valence-corrected chi connectivity index (χ1v) is 3.96. The Labute approximate surface area is 70.7 Å². The molecule has 0 N–H and O–H groups in total. The summed E-state index contributed by atoms with van der Waals surface area (Å²) in [7, 11) is 0. The van der Waals surface area contributed by atoms with E-state index in [1.807, 2.05) is 6.08 Å². The number of halogens is 1. The maximum atomic E-state index is 12.2. The summed E-state index contributed by atoms with van der Waals surface area (Å²) in [5.74, 6) is -1.44. The van der Waals surface area contributed by atoms with Crippen molar-refractivity contribution in [2.24, 2.45) is 0 Å². The fourth-order valence-corrected chi connectivity index (χ4v) is 1.08. The molecule has 0 saturated carbocycles. The van der Waals surface area contributed by atoms with Crippen LogP contribution in [0.3, 0.4) is 0 Å². The van der Waals surface area contributed by atoms with Crippen LogP contribution in [-0.4, -0.2) is 5.97 Å². The summed E-state index contributed by atoms with van der Waals surface area (Å²) in [6.45, 7) is 2.85. The number of esters is 1. The van der Waals surface area contributed by atoms with Gasteiger partial charge in [0.15, 0.2) is 0 Å². The maximum Gasteiger partial charge on any atom is 0.371 e. The topological polar surface area (TPSA) is 26.3 Å². The molecule has 3 heteroatoms. The minimum absolute atomic E-state index is 0.574. The zero-order valence-corrected chi connectivity index (χ0v) is 6.81. The fourth-order valence-electron chi connectivity index (χ4n) is 1.08. The number of carbonyl (C=O) groups excluding carboxylic acids is 1. The van der Waals surface area contributed by atoms with Gasteiger partial charge in [-0.15, -0.1) is 0 Å². The van der Waals surface area contributed by atoms with Gasteiger partial charge in [-0.25, -0.2) is 4.79 Å². The Morgan fingerprint density at radius 2 is 2.33 bits per heavy atom. The number of rotatable bonds is 2. The van der Waals surface area contributed by atoms with E-state index in [0.29, 0.717) is 5.76 Å². The van der Waals surface area contributed by atoms with Gasteiger partial charge in [-0.1, -0.05) is 6.58 Å². The van der Waals surface area contributed by atoms with Crippen LogP contribution in [0.1, 0.15) is 25.7 Å². The summed E-state index contributed by atoms with van der Waals surface area (Å²) < 4.78 is 16.9. The first-order chi connectivity index (χ1) is 5.70. The van der Waals surface area contributed by atoms with Crippen molar-refractivity contribution < 1.29 is 13.9 Å². The molecule has 0 fully saturated rings. The Balaban J connectivity index is 2.44. The zero-order valence-electron chi connectivity index (χ0n) is 6.81. The molecule has 0 saturated heterocycles. The standard InChI is InChI=1S/C9H11FO2/c1-7(10)9(11)12-8-5-3-2-4-6-8/h5H,1-4,6H2. The number of ether oxygens (including phenoxy) is 1. The lowest BCUT2D eigenvalue weighted by atomic mass is 10.1. The molecule has 1 rings (SSSR count). The molecule has 2 nitrogen and oxygen atoms in total. The van der Waals surface area contributed by atoms with Gasteiger partial charge in [-0.05, 0) is 25.3 Å². The van der Waals surface area contributed by atoms with E-state index in [1.54, 1.807) is 0 Å². The summed E-state index contributed by atoms with van der Waals surface area (Å²) in [5, 5.41) is 0. The van der Waals surface area contributed by atoms with Crippen molar-refractivity contribution in [3.63, 3.8) is 0 Å². The normalized spacial score (nSPS) is 16.6. The third-order valence-electron chi connectivity index (χ3n) is 1.69. The van der Waals surface area contributed by atoms with Gasteiger partial charge >= 0.3 is 5.97 Å². The SMILES string of the molecule is C=C(F)C(=O)OC1=CCCCC1. The van der Waals surface area contributed by atoms with Crippen LogP contribution >= 0.6 is 0 Å². The first kappa shape index (κ1) is 8.97. The van der Waals surface area contributed by atoms with Gasteiger partial charge in [0.05, 0.1) is 0 Å². The molecule has 0 heterocycles. The molecule has 1 aliphatic carbocycles. The van der Waals surface area contributed by atoms with Crippen molar-refractivity contribution >= 4 is 5.97 Å². The van der Waals surface area contributed by atoms with Gasteiger partial charge in [0, 0.05) is 6.42 Å². The van der Waals surface area contributed by atoms with E-state index < -0.39 is 11.8 Å². The number of hydrogen-bond acceptors (Lipinski definition) is 2. The minimum atomic E-state index is -1.04. The Hall–Kier alpha value is -1.12. The summed E-state index contributed by atoms with van der Waals surface area (Å²) >= 11 is 0. The van der Waals surface area contributed by atoms with Gasteiger partial charge in [0.1, 0.15) is 5.76 Å². The molecule has 0 aromatic carbocycles. The summed E-state index contributed by atoms with van der Waals surface area (Å²) in [4.78, 5) is 10.7. The van der Waals surface area contributed by atoms with Gasteiger partial charge in [0.2, 0.25) is 5.83 Å². The number of carbonyl (C=O) groups is 1. The van der Waals surface area contributed by atoms with Crippen molar-refractivity contribution in [2.75, 3.05) is 0 Å². The van der Waals surface area contributed by atoms with Crippen LogP contribution in [0.2, 0.25) is 0 Å². The van der Waals surface area contributed by atoms with Gasteiger partial charge < -0.3 is 4.74 Å². The summed E-state index contributed by atoms with van der Waals surface area (Å²) in [5.41, 5.74) is 0. The van der Waals surface area contributed by atoms with E-state index in [2.05, 4.69) is 6.58 Å². The Bertz CT molecular complexity index is 231. The van der Waals surface area contributed by atoms with E-state index in [4.69, 9.17) is 4.74 Å². The van der Waals surface area contributed by atoms with Crippen molar-refractivity contribution in [1.82, 2.24) is 0 Å². The van der Waals surface area contributed by atoms with Gasteiger partial charge in [0.25, 0.3) is 0 Å². The molecular weight excluding hydrogens is 159 g/mol. The Morgan fingerprint density at radius 3 is 2.83 bits per heavy atom. The molecule has 66 valence electrons. The van der Waals surface area contributed by atoms with Crippen LogP contribution < -0.4 is 0 Å². The van der Waals surface area contributed by atoms with E-state index in [1.165, 1.54) is 0 Å². The highest BCUT2D eigenvalue weighted by Crippen LogP contribution is 2.19. The smallest absolute Gasteiger partial charge is 0.371 e. The molecule has 12 heavy (non-hydrogen) atoms. The largest absolute Gasteiger partial charge is 0.426 e. The molecule has 0 atom stereocenters. The predicted molar refractivity (Wildman–Crippen MR) is 42.9 cm³/mol. The predicted octanol–water partition coefficient (Wildman–Crippen LogP) is 2.47. The molecule has 0 amide bonds. The van der Waals surface area contributed by atoms with E-state index in [9.17, 15) is 9.18 Å². The second-order valence-electron chi connectivity index (χ2n) is 2.71. The van der Waals surface area contributed by atoms with E-state index in [0.717, 1.165) is 25.7 Å². The molecule has 0 bridgehead atoms. The van der Waals surface area contributed by atoms with E-state index >= 15 is 0 Å². The quantitative estimate of drug-likeness (QED) is 0.470. The second kappa shape index (κ2) is 4.04. The minimum Gasteiger partial charge on any atom is -0.426 e. The molecular formula is C9H11FO2. The highest BCUT2D eigenvalue weighted by Gasteiger charge is 2.12. The average molecular weight is 170 g/mol. The number of allylic oxidation sites excluding steroid dienone is 2. The maximum absolute atomic E-state index is 12.2. The highest BCUT2D eigenvalue weighted by molar-refractivity contribution is 5.85. The summed E-state index contributed by atoms with van der Waals surface area (Å²) in [6, 6.07) is 0. The lowest BCUT2D eigenvalue weighted by Crippen LogP contribution is -2.06. The van der Waals surface area contributed by atoms with Crippen LogP contribution in [0.5, 0.6) is 0 Å². The molecule has 0 unspecified atom stereocenters. The van der Waals surface area contributed by atoms with Crippen LogP contribution in [0.4, 0.5) is 4.39 Å². The third kappa shape index (κ3) is 2.49.